The zero-order valence-corrected chi connectivity index (χ0v) is 11.6. The fourth-order valence-electron chi connectivity index (χ4n) is 2.20. The van der Waals surface area contributed by atoms with Crippen LogP contribution in [0.3, 0.4) is 0 Å². The van der Waals surface area contributed by atoms with Crippen LogP contribution in [0.5, 0.6) is 0 Å². The molecule has 19 heavy (non-hydrogen) atoms. The minimum atomic E-state index is -4.15. The summed E-state index contributed by atoms with van der Waals surface area (Å²) < 4.78 is 38.3. The van der Waals surface area contributed by atoms with Gasteiger partial charge in [-0.15, -0.1) is 11.6 Å². The van der Waals surface area contributed by atoms with Gasteiger partial charge in [-0.1, -0.05) is 11.6 Å². The monoisotopic (exact) mass is 312 g/mol. The van der Waals surface area contributed by atoms with Crippen LogP contribution in [0.1, 0.15) is 18.4 Å². The summed E-state index contributed by atoms with van der Waals surface area (Å²) in [6.07, 6.45) is -2.03. The maximum atomic E-state index is 12.8. The largest absolute Gasteiger partial charge is 0.393 e. The first kappa shape index (κ1) is 14.7. The fraction of sp³-hybridized carbons (Fsp3) is 0.583. The molecule has 0 amide bonds. The molecule has 2 heterocycles. The van der Waals surface area contributed by atoms with E-state index in [0.717, 1.165) is 0 Å². The average molecular weight is 313 g/mol. The molecular formula is C12H13Cl2F3N2. The van der Waals surface area contributed by atoms with E-state index in [0.29, 0.717) is 29.4 Å². The summed E-state index contributed by atoms with van der Waals surface area (Å²) >= 11 is 11.6. The normalized spacial score (nSPS) is 20.7. The number of nitrogens with zero attached hydrogens (tertiary/aromatic N) is 2. The lowest BCUT2D eigenvalue weighted by Crippen LogP contribution is -2.42. The summed E-state index contributed by atoms with van der Waals surface area (Å²) in [6.45, 7) is 0.517. The number of hydrogen-bond acceptors (Lipinski definition) is 2. The van der Waals surface area contributed by atoms with E-state index in [4.69, 9.17) is 23.2 Å². The first-order valence-corrected chi connectivity index (χ1v) is 6.85. The zero-order valence-electron chi connectivity index (χ0n) is 10.1. The van der Waals surface area contributed by atoms with E-state index >= 15 is 0 Å². The third kappa shape index (κ3) is 3.45. The van der Waals surface area contributed by atoms with Crippen molar-refractivity contribution in [2.45, 2.75) is 24.9 Å². The predicted molar refractivity (Wildman–Crippen MR) is 69.8 cm³/mol. The lowest BCUT2D eigenvalue weighted by molar-refractivity contribution is -0.176. The number of piperidine rings is 1. The zero-order chi connectivity index (χ0) is 14.0. The second-order valence-corrected chi connectivity index (χ2v) is 5.27. The van der Waals surface area contributed by atoms with E-state index in [-0.39, 0.29) is 18.8 Å². The van der Waals surface area contributed by atoms with Gasteiger partial charge in [-0.3, -0.25) is 0 Å². The molecule has 0 spiro atoms. The van der Waals surface area contributed by atoms with Crippen LogP contribution in [0, 0.1) is 5.92 Å². The van der Waals surface area contributed by atoms with Crippen LogP contribution in [-0.4, -0.2) is 24.2 Å². The molecule has 0 saturated carbocycles. The van der Waals surface area contributed by atoms with Crippen molar-refractivity contribution in [3.05, 3.63) is 22.8 Å². The topological polar surface area (TPSA) is 16.1 Å². The van der Waals surface area contributed by atoms with Crippen LogP contribution < -0.4 is 4.90 Å². The van der Waals surface area contributed by atoms with Crippen molar-refractivity contribution >= 4 is 29.0 Å². The molecule has 0 aliphatic carbocycles. The second-order valence-electron chi connectivity index (χ2n) is 4.59. The van der Waals surface area contributed by atoms with E-state index in [2.05, 4.69) is 4.98 Å². The van der Waals surface area contributed by atoms with Gasteiger partial charge in [0.15, 0.2) is 0 Å². The van der Waals surface area contributed by atoms with Crippen LogP contribution in [0.15, 0.2) is 12.3 Å². The van der Waals surface area contributed by atoms with Gasteiger partial charge < -0.3 is 4.90 Å². The highest BCUT2D eigenvalue weighted by Gasteiger charge is 2.42. The van der Waals surface area contributed by atoms with Crippen molar-refractivity contribution in [3.63, 3.8) is 0 Å². The summed E-state index contributed by atoms with van der Waals surface area (Å²) in [5.41, 5.74) is 0.683. The minimum absolute atomic E-state index is 0.0557. The molecule has 0 radical (unpaired) electrons. The number of halogens is 5. The summed E-state index contributed by atoms with van der Waals surface area (Å²) in [7, 11) is 0. The number of aromatic nitrogens is 1. The van der Waals surface area contributed by atoms with Gasteiger partial charge in [-0.05, 0) is 24.5 Å². The average Bonchev–Trinajstić information content (AvgIpc) is 2.38. The van der Waals surface area contributed by atoms with Crippen molar-refractivity contribution in [2.75, 3.05) is 18.0 Å². The molecule has 1 aromatic rings. The highest BCUT2D eigenvalue weighted by atomic mass is 35.5. The molecule has 2 nitrogen and oxygen atoms in total. The van der Waals surface area contributed by atoms with Crippen LogP contribution in [-0.2, 0) is 5.88 Å². The standard InChI is InChI=1S/C12H13Cl2F3N2/c13-5-8-4-11(18-6-10(8)14)19-3-1-2-9(7-19)12(15,16)17/h4,6,9H,1-3,5,7H2. The molecule has 106 valence electrons. The van der Waals surface area contributed by atoms with Gasteiger partial charge in [0.1, 0.15) is 5.82 Å². The van der Waals surface area contributed by atoms with Crippen LogP contribution in [0.25, 0.3) is 0 Å². The van der Waals surface area contributed by atoms with Crippen molar-refractivity contribution < 1.29 is 13.2 Å². The third-order valence-electron chi connectivity index (χ3n) is 3.27. The van der Waals surface area contributed by atoms with E-state index in [1.54, 1.807) is 11.0 Å². The lowest BCUT2D eigenvalue weighted by Gasteiger charge is -2.34. The molecule has 1 aromatic heterocycles. The number of anilines is 1. The molecular weight excluding hydrogens is 300 g/mol. The van der Waals surface area contributed by atoms with Crippen molar-refractivity contribution in [2.24, 2.45) is 5.92 Å². The van der Waals surface area contributed by atoms with Gasteiger partial charge in [-0.2, -0.15) is 13.2 Å². The quantitative estimate of drug-likeness (QED) is 0.759. The molecule has 1 aliphatic heterocycles. The predicted octanol–water partition coefficient (Wildman–Crippen LogP) is 4.25. The molecule has 1 atom stereocenters. The Bertz CT molecular complexity index is 451. The fourth-order valence-corrected chi connectivity index (χ4v) is 2.66. The minimum Gasteiger partial charge on any atom is -0.356 e. The first-order chi connectivity index (χ1) is 8.91. The van der Waals surface area contributed by atoms with Crippen molar-refractivity contribution in [1.29, 1.82) is 0 Å². The number of alkyl halides is 4. The molecule has 1 unspecified atom stereocenters. The van der Waals surface area contributed by atoms with Crippen LogP contribution in [0.4, 0.5) is 19.0 Å². The summed E-state index contributed by atoms with van der Waals surface area (Å²) in [6, 6.07) is 1.66. The van der Waals surface area contributed by atoms with E-state index < -0.39 is 12.1 Å². The van der Waals surface area contributed by atoms with E-state index in [1.165, 1.54) is 6.20 Å². The first-order valence-electron chi connectivity index (χ1n) is 5.94. The van der Waals surface area contributed by atoms with E-state index in [1.807, 2.05) is 0 Å². The molecule has 1 aliphatic rings. The maximum absolute atomic E-state index is 12.8. The summed E-state index contributed by atoms with van der Waals surface area (Å²) in [5, 5.41) is 0.433. The Morgan fingerprint density at radius 1 is 1.42 bits per heavy atom. The van der Waals surface area contributed by atoms with Crippen molar-refractivity contribution in [1.82, 2.24) is 4.98 Å². The third-order valence-corrected chi connectivity index (χ3v) is 3.90. The molecule has 1 fully saturated rings. The number of pyridine rings is 1. The smallest absolute Gasteiger partial charge is 0.356 e. The lowest BCUT2D eigenvalue weighted by atomic mass is 9.97. The van der Waals surface area contributed by atoms with Crippen LogP contribution in [0.2, 0.25) is 5.02 Å². The second kappa shape index (κ2) is 5.75. The maximum Gasteiger partial charge on any atom is 0.393 e. The van der Waals surface area contributed by atoms with Gasteiger partial charge in [0, 0.05) is 25.2 Å². The Labute approximate surface area is 119 Å². The Balaban J connectivity index is 2.17. The molecule has 0 aromatic carbocycles. The highest BCUT2D eigenvalue weighted by molar-refractivity contribution is 6.32. The Morgan fingerprint density at radius 3 is 2.79 bits per heavy atom. The van der Waals surface area contributed by atoms with Gasteiger partial charge >= 0.3 is 6.18 Å². The highest BCUT2D eigenvalue weighted by Crippen LogP contribution is 2.34. The summed E-state index contributed by atoms with van der Waals surface area (Å²) in [5.74, 6) is -0.572. The Hall–Kier alpha value is -0.680. The van der Waals surface area contributed by atoms with Crippen LogP contribution >= 0.6 is 23.2 Å². The van der Waals surface area contributed by atoms with Crippen molar-refractivity contribution in [3.8, 4) is 0 Å². The molecule has 0 bridgehead atoms. The SMILES string of the molecule is FC(F)(F)C1CCCN(c2cc(CCl)c(Cl)cn2)C1. The summed E-state index contributed by atoms with van der Waals surface area (Å²) in [4.78, 5) is 5.74. The van der Waals surface area contributed by atoms with E-state index in [9.17, 15) is 13.2 Å². The molecule has 7 heteroatoms. The van der Waals surface area contributed by atoms with Gasteiger partial charge in [0.2, 0.25) is 0 Å². The Kier molecular flexibility index (Phi) is 4.46. The Morgan fingerprint density at radius 2 is 2.16 bits per heavy atom. The number of rotatable bonds is 2. The van der Waals surface area contributed by atoms with Gasteiger partial charge in [-0.25, -0.2) is 4.98 Å². The van der Waals surface area contributed by atoms with Gasteiger partial charge in [0.05, 0.1) is 10.9 Å². The number of hydrogen-bond donors (Lipinski definition) is 0. The molecule has 2 rings (SSSR count). The molecule has 1 saturated heterocycles. The molecule has 0 N–H and O–H groups in total. The van der Waals surface area contributed by atoms with Gasteiger partial charge in [0.25, 0.3) is 0 Å².